The molecule has 1 amide bonds. The van der Waals surface area contributed by atoms with Crippen LogP contribution < -0.4 is 5.32 Å². The first-order valence-electron chi connectivity index (χ1n) is 7.97. The summed E-state index contributed by atoms with van der Waals surface area (Å²) in [6.07, 6.45) is -1.37. The first kappa shape index (κ1) is 21.4. The minimum atomic E-state index is -0.717. The number of benzene rings is 1. The van der Waals surface area contributed by atoms with E-state index in [2.05, 4.69) is 5.32 Å². The van der Waals surface area contributed by atoms with Crippen LogP contribution in [0, 0.1) is 10.1 Å². The van der Waals surface area contributed by atoms with Crippen molar-refractivity contribution in [1.29, 1.82) is 0 Å². The predicted molar refractivity (Wildman–Crippen MR) is 93.0 cm³/mol. The van der Waals surface area contributed by atoms with Crippen LogP contribution in [0.4, 0.5) is 10.5 Å². The smallest absolute Gasteiger partial charge is 0.408 e. The van der Waals surface area contributed by atoms with Gasteiger partial charge in [-0.15, -0.1) is 0 Å². The highest BCUT2D eigenvalue weighted by atomic mass is 16.6. The molecule has 0 aliphatic rings. The maximum atomic E-state index is 12.2. The van der Waals surface area contributed by atoms with Gasteiger partial charge in [-0.3, -0.25) is 10.1 Å². The molecular weight excluding hydrogens is 344 g/mol. The van der Waals surface area contributed by atoms with Crippen LogP contribution in [0.5, 0.6) is 0 Å². The molecule has 0 aromatic heterocycles. The summed E-state index contributed by atoms with van der Waals surface area (Å²) in [6, 6.07) is 4.41. The number of ether oxygens (including phenoxy) is 3. The van der Waals surface area contributed by atoms with Crippen molar-refractivity contribution in [3.8, 4) is 0 Å². The van der Waals surface area contributed by atoms with Gasteiger partial charge in [0.1, 0.15) is 11.7 Å². The standard InChI is InChI=1S/C17H24N2O7/c1-11(14(10-24-5)18-16(21)26-17(2,3)4)25-15(20)12-6-8-13(9-7-12)19(22)23/h6-9,11,14H,10H2,1-5H3,(H,18,21)/t11?,14-/m1/s1. The molecule has 0 radical (unpaired) electrons. The zero-order valence-corrected chi connectivity index (χ0v) is 15.5. The molecule has 1 rings (SSSR count). The quantitative estimate of drug-likeness (QED) is 0.447. The lowest BCUT2D eigenvalue weighted by Crippen LogP contribution is -2.48. The highest BCUT2D eigenvalue weighted by molar-refractivity contribution is 5.89. The van der Waals surface area contributed by atoms with Crippen LogP contribution in [-0.4, -0.2) is 48.4 Å². The van der Waals surface area contributed by atoms with Crippen LogP contribution in [0.3, 0.4) is 0 Å². The summed E-state index contributed by atoms with van der Waals surface area (Å²) >= 11 is 0. The first-order valence-corrected chi connectivity index (χ1v) is 7.97. The van der Waals surface area contributed by atoms with Crippen molar-refractivity contribution in [3.05, 3.63) is 39.9 Å². The fourth-order valence-corrected chi connectivity index (χ4v) is 1.97. The number of nitro benzene ring substituents is 1. The van der Waals surface area contributed by atoms with Gasteiger partial charge in [0, 0.05) is 19.2 Å². The van der Waals surface area contributed by atoms with Gasteiger partial charge < -0.3 is 19.5 Å². The van der Waals surface area contributed by atoms with Crippen molar-refractivity contribution in [3.63, 3.8) is 0 Å². The van der Waals surface area contributed by atoms with Gasteiger partial charge in [0.05, 0.1) is 23.1 Å². The monoisotopic (exact) mass is 368 g/mol. The lowest BCUT2D eigenvalue weighted by molar-refractivity contribution is -0.384. The normalized spacial score (nSPS) is 13.4. The molecule has 0 fully saturated rings. The van der Waals surface area contributed by atoms with Gasteiger partial charge in [-0.05, 0) is 39.8 Å². The number of rotatable bonds is 7. The Hall–Kier alpha value is -2.68. The van der Waals surface area contributed by atoms with Crippen molar-refractivity contribution in [2.75, 3.05) is 13.7 Å². The Bertz CT molecular complexity index is 638. The number of nitrogens with one attached hydrogen (secondary N) is 1. The number of alkyl carbamates (subject to hydrolysis) is 1. The molecule has 144 valence electrons. The second-order valence-electron chi connectivity index (χ2n) is 6.62. The van der Waals surface area contributed by atoms with E-state index in [-0.39, 0.29) is 17.9 Å². The van der Waals surface area contributed by atoms with Gasteiger partial charge in [-0.25, -0.2) is 9.59 Å². The third kappa shape index (κ3) is 7.06. The summed E-state index contributed by atoms with van der Waals surface area (Å²) in [4.78, 5) is 34.2. The number of methoxy groups -OCH3 is 1. The molecule has 1 unspecified atom stereocenters. The summed E-state index contributed by atoms with van der Waals surface area (Å²) in [6.45, 7) is 6.90. The number of non-ortho nitro benzene ring substituents is 1. The number of esters is 1. The SMILES string of the molecule is COC[C@@H](NC(=O)OC(C)(C)C)C(C)OC(=O)c1ccc([N+](=O)[O-])cc1. The molecule has 1 N–H and O–H groups in total. The number of nitrogens with zero attached hydrogens (tertiary/aromatic N) is 1. The van der Waals surface area contributed by atoms with Crippen LogP contribution in [0.2, 0.25) is 0 Å². The molecule has 0 heterocycles. The molecule has 9 heteroatoms. The van der Waals surface area contributed by atoms with Gasteiger partial charge >= 0.3 is 12.1 Å². The predicted octanol–water partition coefficient (Wildman–Crippen LogP) is 2.68. The highest BCUT2D eigenvalue weighted by Crippen LogP contribution is 2.14. The number of carbonyl (C=O) groups is 2. The second kappa shape index (κ2) is 9.14. The molecule has 0 bridgehead atoms. The molecule has 0 saturated carbocycles. The molecule has 26 heavy (non-hydrogen) atoms. The number of hydrogen-bond donors (Lipinski definition) is 1. The Balaban J connectivity index is 2.73. The van der Waals surface area contributed by atoms with Gasteiger partial charge in [-0.1, -0.05) is 0 Å². The molecule has 9 nitrogen and oxygen atoms in total. The summed E-state index contributed by atoms with van der Waals surface area (Å²) in [5, 5.41) is 13.2. The molecule has 1 aromatic carbocycles. The Labute approximate surface area is 151 Å². The summed E-state index contributed by atoms with van der Waals surface area (Å²) in [7, 11) is 1.45. The summed E-state index contributed by atoms with van der Waals surface area (Å²) < 4.78 is 15.6. The van der Waals surface area contributed by atoms with Crippen LogP contribution in [-0.2, 0) is 14.2 Å². The third-order valence-corrected chi connectivity index (χ3v) is 3.22. The van der Waals surface area contributed by atoms with Crippen LogP contribution in [0.15, 0.2) is 24.3 Å². The summed E-state index contributed by atoms with van der Waals surface area (Å²) in [5.41, 5.74) is -0.630. The molecule has 1 aromatic rings. The first-order chi connectivity index (χ1) is 12.0. The zero-order valence-electron chi connectivity index (χ0n) is 15.5. The van der Waals surface area contributed by atoms with Gasteiger partial charge in [0.15, 0.2) is 0 Å². The third-order valence-electron chi connectivity index (χ3n) is 3.22. The maximum Gasteiger partial charge on any atom is 0.408 e. The molecule has 0 spiro atoms. The van der Waals surface area contributed by atoms with E-state index in [1.54, 1.807) is 27.7 Å². The van der Waals surface area contributed by atoms with Crippen molar-refractivity contribution < 1.29 is 28.7 Å². The Kier molecular flexibility index (Phi) is 7.51. The van der Waals surface area contributed by atoms with Crippen molar-refractivity contribution >= 4 is 17.7 Å². The van der Waals surface area contributed by atoms with E-state index in [1.807, 2.05) is 0 Å². The number of hydrogen-bond acceptors (Lipinski definition) is 7. The molecule has 2 atom stereocenters. The Morgan fingerprint density at radius 1 is 1.23 bits per heavy atom. The number of carbonyl (C=O) groups excluding carboxylic acids is 2. The van der Waals surface area contributed by atoms with Crippen molar-refractivity contribution in [2.24, 2.45) is 0 Å². The van der Waals surface area contributed by atoms with E-state index in [1.165, 1.54) is 31.4 Å². The number of amides is 1. The lowest BCUT2D eigenvalue weighted by Gasteiger charge is -2.26. The van der Waals surface area contributed by atoms with E-state index in [9.17, 15) is 19.7 Å². The maximum absolute atomic E-state index is 12.2. The van der Waals surface area contributed by atoms with Gasteiger partial charge in [-0.2, -0.15) is 0 Å². The molecule has 0 aliphatic carbocycles. The molecule has 0 aliphatic heterocycles. The topological polar surface area (TPSA) is 117 Å². The van der Waals surface area contributed by atoms with E-state index in [0.29, 0.717) is 0 Å². The average molecular weight is 368 g/mol. The van der Waals surface area contributed by atoms with Crippen molar-refractivity contribution in [1.82, 2.24) is 5.32 Å². The van der Waals surface area contributed by atoms with Crippen LogP contribution >= 0.6 is 0 Å². The summed E-state index contributed by atoms with van der Waals surface area (Å²) in [5.74, 6) is -0.667. The lowest BCUT2D eigenvalue weighted by atomic mass is 10.1. The Morgan fingerprint density at radius 3 is 2.27 bits per heavy atom. The van der Waals surface area contributed by atoms with Crippen LogP contribution in [0.1, 0.15) is 38.1 Å². The molecule has 0 saturated heterocycles. The van der Waals surface area contributed by atoms with Gasteiger partial charge in [0.2, 0.25) is 0 Å². The fourth-order valence-electron chi connectivity index (χ4n) is 1.97. The highest BCUT2D eigenvalue weighted by Gasteiger charge is 2.26. The Morgan fingerprint density at radius 2 is 1.81 bits per heavy atom. The average Bonchev–Trinajstić information content (AvgIpc) is 2.52. The van der Waals surface area contributed by atoms with E-state index < -0.39 is 34.7 Å². The molecular formula is C17H24N2O7. The second-order valence-corrected chi connectivity index (χ2v) is 6.62. The number of nitro groups is 1. The van der Waals surface area contributed by atoms with E-state index >= 15 is 0 Å². The van der Waals surface area contributed by atoms with Crippen LogP contribution in [0.25, 0.3) is 0 Å². The largest absolute Gasteiger partial charge is 0.457 e. The van der Waals surface area contributed by atoms with Gasteiger partial charge in [0.25, 0.3) is 5.69 Å². The zero-order chi connectivity index (χ0) is 19.9. The van der Waals surface area contributed by atoms with E-state index in [0.717, 1.165) is 0 Å². The van der Waals surface area contributed by atoms with Crippen molar-refractivity contribution in [2.45, 2.75) is 45.4 Å². The minimum Gasteiger partial charge on any atom is -0.457 e. The minimum absolute atomic E-state index is 0.105. The fraction of sp³-hybridized carbons (Fsp3) is 0.529. The van der Waals surface area contributed by atoms with E-state index in [4.69, 9.17) is 14.2 Å².